The molecule has 7 heteroatoms. The Morgan fingerprint density at radius 3 is 2.32 bits per heavy atom. The first-order valence-electron chi connectivity index (χ1n) is 10.9. The highest BCUT2D eigenvalue weighted by atomic mass is 16.5. The number of amides is 4. The molecule has 1 atom stereocenters. The number of nitrogens with zero attached hydrogens (tertiary/aromatic N) is 3. The Hall–Kier alpha value is -1.76. The summed E-state index contributed by atoms with van der Waals surface area (Å²) in [5.74, 6) is 0. The van der Waals surface area contributed by atoms with Crippen LogP contribution in [-0.4, -0.2) is 62.5 Å². The Bertz CT molecular complexity index is 582. The fourth-order valence-electron chi connectivity index (χ4n) is 5.14. The van der Waals surface area contributed by atoms with Crippen molar-refractivity contribution in [2.75, 3.05) is 6.54 Å². The average molecular weight is 393 g/mol. The zero-order valence-corrected chi connectivity index (χ0v) is 17.4. The summed E-state index contributed by atoms with van der Waals surface area (Å²) in [5, 5.41) is 14.7. The summed E-state index contributed by atoms with van der Waals surface area (Å²) in [6, 6.07) is -0.466. The zero-order valence-electron chi connectivity index (χ0n) is 17.4. The molecule has 0 bridgehead atoms. The minimum absolute atomic E-state index is 0.0532. The van der Waals surface area contributed by atoms with Crippen LogP contribution in [0.25, 0.3) is 0 Å². The van der Waals surface area contributed by atoms with E-state index >= 15 is 0 Å². The van der Waals surface area contributed by atoms with Crippen molar-refractivity contribution in [3.8, 4) is 0 Å². The predicted molar refractivity (Wildman–Crippen MR) is 108 cm³/mol. The number of hydroxylamine groups is 2. The minimum Gasteiger partial charge on any atom is -0.333 e. The largest absolute Gasteiger partial charge is 0.343 e. The standard InChI is InChI=1S/C21H36N4O3/c1-4-15-23-20(27)24(17-13-9-6-10-14-17)18(21(23,2)3)25(28)19(26)22-16-11-7-5-8-12-16/h4,16-18,28H,1,5-15H2,2-3H3,(H,22,26). The molecule has 28 heavy (non-hydrogen) atoms. The van der Waals surface area contributed by atoms with E-state index in [0.717, 1.165) is 56.4 Å². The van der Waals surface area contributed by atoms with Crippen LogP contribution in [0.1, 0.15) is 78.1 Å². The van der Waals surface area contributed by atoms with Crippen molar-refractivity contribution in [2.24, 2.45) is 0 Å². The van der Waals surface area contributed by atoms with E-state index in [1.807, 2.05) is 13.8 Å². The van der Waals surface area contributed by atoms with Crippen LogP contribution >= 0.6 is 0 Å². The molecule has 2 N–H and O–H groups in total. The van der Waals surface area contributed by atoms with E-state index < -0.39 is 17.7 Å². The van der Waals surface area contributed by atoms with Crippen LogP contribution in [0, 0.1) is 0 Å². The first kappa shape index (κ1) is 21.0. The summed E-state index contributed by atoms with van der Waals surface area (Å²) in [7, 11) is 0. The Balaban J connectivity index is 1.82. The number of hydrogen-bond acceptors (Lipinski definition) is 3. The van der Waals surface area contributed by atoms with Gasteiger partial charge in [-0.1, -0.05) is 44.6 Å². The molecule has 1 aliphatic heterocycles. The average Bonchev–Trinajstić information content (AvgIpc) is 2.89. The third-order valence-corrected chi connectivity index (χ3v) is 6.70. The summed E-state index contributed by atoms with van der Waals surface area (Å²) >= 11 is 0. The van der Waals surface area contributed by atoms with Gasteiger partial charge in [0, 0.05) is 18.6 Å². The Kier molecular flexibility index (Phi) is 6.53. The molecule has 2 saturated carbocycles. The quantitative estimate of drug-likeness (QED) is 0.420. The zero-order chi connectivity index (χ0) is 20.3. The second kappa shape index (κ2) is 8.72. The van der Waals surface area contributed by atoms with Gasteiger partial charge in [-0.05, 0) is 39.5 Å². The lowest BCUT2D eigenvalue weighted by molar-refractivity contribution is -0.141. The summed E-state index contributed by atoms with van der Waals surface area (Å²) in [6.07, 6.45) is 11.4. The van der Waals surface area contributed by atoms with Crippen molar-refractivity contribution in [1.29, 1.82) is 0 Å². The van der Waals surface area contributed by atoms with Crippen molar-refractivity contribution in [3.63, 3.8) is 0 Å². The molecule has 1 unspecified atom stereocenters. The second-order valence-corrected chi connectivity index (χ2v) is 9.04. The smallest absolute Gasteiger partial charge is 0.333 e. The molecule has 0 spiro atoms. The second-order valence-electron chi connectivity index (χ2n) is 9.04. The summed E-state index contributed by atoms with van der Waals surface area (Å²) in [4.78, 5) is 29.6. The number of hydrogen-bond donors (Lipinski definition) is 2. The highest BCUT2D eigenvalue weighted by Gasteiger charge is 2.56. The van der Waals surface area contributed by atoms with Gasteiger partial charge in [0.1, 0.15) is 0 Å². The number of nitrogens with one attached hydrogen (secondary N) is 1. The molecule has 3 fully saturated rings. The number of carbonyl (C=O) groups is 2. The van der Waals surface area contributed by atoms with E-state index in [1.54, 1.807) is 15.9 Å². The number of rotatable bonds is 5. The molecule has 0 aromatic heterocycles. The molecule has 1 saturated heterocycles. The number of urea groups is 2. The van der Waals surface area contributed by atoms with Crippen LogP contribution in [0.15, 0.2) is 12.7 Å². The van der Waals surface area contributed by atoms with E-state index in [2.05, 4.69) is 11.9 Å². The van der Waals surface area contributed by atoms with Gasteiger partial charge in [0.25, 0.3) is 0 Å². The van der Waals surface area contributed by atoms with Crippen LogP contribution in [-0.2, 0) is 0 Å². The van der Waals surface area contributed by atoms with Crippen molar-refractivity contribution >= 4 is 12.1 Å². The molecule has 7 nitrogen and oxygen atoms in total. The van der Waals surface area contributed by atoms with Crippen molar-refractivity contribution in [3.05, 3.63) is 12.7 Å². The van der Waals surface area contributed by atoms with Gasteiger partial charge in [-0.2, -0.15) is 5.06 Å². The van der Waals surface area contributed by atoms with Gasteiger partial charge in [0.15, 0.2) is 6.17 Å². The van der Waals surface area contributed by atoms with Gasteiger partial charge < -0.3 is 10.2 Å². The molecular formula is C21H36N4O3. The number of carbonyl (C=O) groups excluding carboxylic acids is 2. The van der Waals surface area contributed by atoms with E-state index in [9.17, 15) is 14.8 Å². The molecular weight excluding hydrogens is 356 g/mol. The first-order valence-corrected chi connectivity index (χ1v) is 10.9. The summed E-state index contributed by atoms with van der Waals surface area (Å²) in [6.45, 7) is 8.00. The molecule has 2 aliphatic carbocycles. The maximum atomic E-state index is 13.3. The highest BCUT2D eigenvalue weighted by Crippen LogP contribution is 2.39. The summed E-state index contributed by atoms with van der Waals surface area (Å²) in [5.41, 5.74) is -0.721. The van der Waals surface area contributed by atoms with E-state index in [0.29, 0.717) is 6.54 Å². The van der Waals surface area contributed by atoms with Crippen LogP contribution in [0.2, 0.25) is 0 Å². The predicted octanol–water partition coefficient (Wildman–Crippen LogP) is 4.08. The molecule has 0 aromatic rings. The molecule has 158 valence electrons. The molecule has 1 heterocycles. The van der Waals surface area contributed by atoms with Gasteiger partial charge in [-0.25, -0.2) is 9.59 Å². The van der Waals surface area contributed by atoms with Crippen LogP contribution < -0.4 is 5.32 Å². The van der Waals surface area contributed by atoms with Gasteiger partial charge in [0.05, 0.1) is 5.54 Å². The maximum Gasteiger partial charge on any atom is 0.343 e. The van der Waals surface area contributed by atoms with Crippen LogP contribution in [0.4, 0.5) is 9.59 Å². The fraction of sp³-hybridized carbons (Fsp3) is 0.810. The molecule has 0 radical (unpaired) electrons. The monoisotopic (exact) mass is 392 g/mol. The first-order chi connectivity index (χ1) is 13.4. The Labute approximate surface area is 168 Å². The molecule has 3 rings (SSSR count). The third-order valence-electron chi connectivity index (χ3n) is 6.70. The van der Waals surface area contributed by atoms with Crippen molar-refractivity contribution in [2.45, 2.75) is 102 Å². The van der Waals surface area contributed by atoms with Gasteiger partial charge in [0.2, 0.25) is 0 Å². The topological polar surface area (TPSA) is 76.1 Å². The lowest BCUT2D eigenvalue weighted by Crippen LogP contribution is -2.61. The normalized spacial score (nSPS) is 26.4. The molecule has 0 aromatic carbocycles. The van der Waals surface area contributed by atoms with Gasteiger partial charge in [-0.3, -0.25) is 10.1 Å². The van der Waals surface area contributed by atoms with E-state index in [-0.39, 0.29) is 18.1 Å². The molecule has 4 amide bonds. The van der Waals surface area contributed by atoms with Crippen LogP contribution in [0.5, 0.6) is 0 Å². The van der Waals surface area contributed by atoms with Gasteiger partial charge in [-0.15, -0.1) is 6.58 Å². The SMILES string of the molecule is C=CCN1C(=O)N(C2CCCCC2)C(N(O)C(=O)NC2CCCCC2)C1(C)C. The minimum atomic E-state index is -0.721. The van der Waals surface area contributed by atoms with Crippen LogP contribution in [0.3, 0.4) is 0 Å². The lowest BCUT2D eigenvalue weighted by atomic mass is 9.92. The Morgan fingerprint density at radius 1 is 1.18 bits per heavy atom. The van der Waals surface area contributed by atoms with E-state index in [1.165, 1.54) is 12.8 Å². The summed E-state index contributed by atoms with van der Waals surface area (Å²) < 4.78 is 0. The lowest BCUT2D eigenvalue weighted by Gasteiger charge is -2.41. The highest BCUT2D eigenvalue weighted by molar-refractivity contribution is 5.81. The third kappa shape index (κ3) is 4.00. The fourth-order valence-corrected chi connectivity index (χ4v) is 5.14. The van der Waals surface area contributed by atoms with Gasteiger partial charge >= 0.3 is 12.1 Å². The van der Waals surface area contributed by atoms with E-state index in [4.69, 9.17) is 0 Å². The Morgan fingerprint density at radius 2 is 1.75 bits per heavy atom. The maximum absolute atomic E-state index is 13.3. The van der Waals surface area contributed by atoms with Crippen molar-refractivity contribution in [1.82, 2.24) is 20.2 Å². The molecule has 3 aliphatic rings. The van der Waals surface area contributed by atoms with Crippen molar-refractivity contribution < 1.29 is 14.8 Å².